The summed E-state index contributed by atoms with van der Waals surface area (Å²) in [6.07, 6.45) is 0. The van der Waals surface area contributed by atoms with Crippen molar-refractivity contribution in [1.82, 2.24) is 0 Å². The standard InChI is InChI=1S/C6H5N4O3/c7-8-9-10-12-13-11-6-4-2-1-3-5-6/h1-5H/q-1/b10-9+. The van der Waals surface area contributed by atoms with E-state index in [0.29, 0.717) is 5.75 Å². The van der Waals surface area contributed by atoms with E-state index in [1.165, 1.54) is 0 Å². The Kier molecular flexibility index (Phi) is 3.91. The van der Waals surface area contributed by atoms with E-state index in [-0.39, 0.29) is 0 Å². The summed E-state index contributed by atoms with van der Waals surface area (Å²) >= 11 is 0. The first-order valence-corrected chi connectivity index (χ1v) is 3.23. The molecule has 0 heterocycles. The average molecular weight is 181 g/mol. The van der Waals surface area contributed by atoms with Gasteiger partial charge < -0.3 is 5.53 Å². The third-order valence-electron chi connectivity index (χ3n) is 1.01. The highest BCUT2D eigenvalue weighted by Gasteiger charge is 1.90. The SMILES string of the molecule is [N-]=N/N=N/OOOc1ccccc1. The van der Waals surface area contributed by atoms with Gasteiger partial charge in [0.15, 0.2) is 5.75 Å². The minimum atomic E-state index is 0.443. The van der Waals surface area contributed by atoms with Gasteiger partial charge in [0.05, 0.1) is 5.04 Å². The molecule has 0 radical (unpaired) electrons. The Labute approximate surface area is 73.2 Å². The molecule has 7 heteroatoms. The highest BCUT2D eigenvalue weighted by atomic mass is 17.5. The van der Waals surface area contributed by atoms with Crippen LogP contribution in [0, 0.1) is 0 Å². The van der Waals surface area contributed by atoms with E-state index in [0.717, 1.165) is 0 Å². The molecule has 1 rings (SSSR count). The van der Waals surface area contributed by atoms with Crippen LogP contribution >= 0.6 is 0 Å². The molecule has 1 aromatic rings. The van der Waals surface area contributed by atoms with Crippen LogP contribution < -0.4 is 4.89 Å². The fourth-order valence-electron chi connectivity index (χ4n) is 0.575. The van der Waals surface area contributed by atoms with E-state index in [2.05, 4.69) is 30.6 Å². The quantitative estimate of drug-likeness (QED) is 0.302. The predicted molar refractivity (Wildman–Crippen MR) is 39.9 cm³/mol. The van der Waals surface area contributed by atoms with Crippen LogP contribution in [0.1, 0.15) is 0 Å². The minimum absolute atomic E-state index is 0.443. The van der Waals surface area contributed by atoms with Gasteiger partial charge in [-0.15, -0.1) is 0 Å². The lowest BCUT2D eigenvalue weighted by molar-refractivity contribution is -0.471. The summed E-state index contributed by atoms with van der Waals surface area (Å²) in [5, 5.41) is 11.8. The summed E-state index contributed by atoms with van der Waals surface area (Å²) in [6, 6.07) is 8.62. The Balaban J connectivity index is 2.20. The van der Waals surface area contributed by atoms with Crippen molar-refractivity contribution in [2.75, 3.05) is 0 Å². The molecule has 0 fully saturated rings. The van der Waals surface area contributed by atoms with Gasteiger partial charge in [-0.05, 0) is 17.4 Å². The second-order valence-corrected chi connectivity index (χ2v) is 1.80. The largest absolute Gasteiger partial charge is 0.360 e. The number of nitrogens with zero attached hydrogens (tertiary/aromatic N) is 4. The van der Waals surface area contributed by atoms with Gasteiger partial charge in [0.2, 0.25) is 0 Å². The second-order valence-electron chi connectivity index (χ2n) is 1.80. The Morgan fingerprint density at radius 3 is 2.62 bits per heavy atom. The summed E-state index contributed by atoms with van der Waals surface area (Å²) in [4.78, 5) is 8.51. The van der Waals surface area contributed by atoms with Gasteiger partial charge in [-0.3, -0.25) is 10.1 Å². The van der Waals surface area contributed by atoms with Crippen LogP contribution in [0.3, 0.4) is 0 Å². The highest BCUT2D eigenvalue weighted by Crippen LogP contribution is 2.08. The van der Waals surface area contributed by atoms with Crippen molar-refractivity contribution >= 4 is 0 Å². The Morgan fingerprint density at radius 2 is 1.92 bits per heavy atom. The van der Waals surface area contributed by atoms with Crippen molar-refractivity contribution in [1.29, 1.82) is 0 Å². The van der Waals surface area contributed by atoms with Gasteiger partial charge >= 0.3 is 0 Å². The van der Waals surface area contributed by atoms with Crippen LogP contribution in [0.15, 0.2) is 46.1 Å². The topological polar surface area (TPSA) is 87.1 Å². The molecule has 0 aromatic heterocycles. The molecule has 0 aliphatic heterocycles. The number of para-hydroxylation sites is 1. The molecule has 0 saturated heterocycles. The van der Waals surface area contributed by atoms with E-state index in [9.17, 15) is 0 Å². The molecule has 13 heavy (non-hydrogen) atoms. The van der Waals surface area contributed by atoms with E-state index in [1.807, 2.05) is 6.07 Å². The van der Waals surface area contributed by atoms with E-state index >= 15 is 0 Å². The Morgan fingerprint density at radius 1 is 1.15 bits per heavy atom. The Bertz CT molecular complexity index is 276. The normalized spacial score (nSPS) is 9.85. The van der Waals surface area contributed by atoms with Crippen LogP contribution in [-0.2, 0) is 10.0 Å². The Hall–Kier alpha value is -2.02. The van der Waals surface area contributed by atoms with Crippen molar-refractivity contribution in [3.8, 4) is 5.75 Å². The van der Waals surface area contributed by atoms with Gasteiger partial charge in [-0.2, -0.15) is 4.99 Å². The maximum Gasteiger partial charge on any atom is 0.169 e. The number of benzene rings is 1. The molecular weight excluding hydrogens is 176 g/mol. The zero-order chi connectivity index (χ0) is 9.36. The predicted octanol–water partition coefficient (Wildman–Crippen LogP) is 2.23. The second kappa shape index (κ2) is 5.61. The lowest BCUT2D eigenvalue weighted by atomic mass is 10.3. The van der Waals surface area contributed by atoms with E-state index in [1.54, 1.807) is 24.3 Å². The lowest BCUT2D eigenvalue weighted by Gasteiger charge is -1.98. The minimum Gasteiger partial charge on any atom is -0.360 e. The molecule has 0 unspecified atom stereocenters. The maximum absolute atomic E-state index is 7.77. The molecule has 68 valence electrons. The number of hydrogen-bond donors (Lipinski definition) is 0. The van der Waals surface area contributed by atoms with Crippen LogP contribution in [0.25, 0.3) is 5.53 Å². The molecule has 0 aliphatic rings. The molecular formula is C6H5N4O3-. The van der Waals surface area contributed by atoms with Crippen molar-refractivity contribution in [3.05, 3.63) is 35.9 Å². The van der Waals surface area contributed by atoms with Gasteiger partial charge in [0.25, 0.3) is 0 Å². The fraction of sp³-hybridized carbons (Fsp3) is 0. The number of rotatable bonds is 5. The monoisotopic (exact) mass is 181 g/mol. The summed E-state index contributed by atoms with van der Waals surface area (Å²) in [5.41, 5.74) is 7.77. The first-order chi connectivity index (χ1) is 6.43. The van der Waals surface area contributed by atoms with Crippen molar-refractivity contribution in [2.45, 2.75) is 0 Å². The smallest absolute Gasteiger partial charge is 0.169 e. The van der Waals surface area contributed by atoms with Gasteiger partial charge in [-0.25, -0.2) is 5.22 Å². The lowest BCUT2D eigenvalue weighted by Crippen LogP contribution is -1.93. The molecule has 0 amide bonds. The van der Waals surface area contributed by atoms with Crippen molar-refractivity contribution < 1.29 is 14.9 Å². The van der Waals surface area contributed by atoms with Gasteiger partial charge in [-0.1, -0.05) is 18.2 Å². The summed E-state index contributed by atoms with van der Waals surface area (Å²) in [6.45, 7) is 0. The van der Waals surface area contributed by atoms with Gasteiger partial charge in [0.1, 0.15) is 0 Å². The molecule has 0 saturated carbocycles. The summed E-state index contributed by atoms with van der Waals surface area (Å²) in [7, 11) is 0. The first kappa shape index (κ1) is 9.07. The van der Waals surface area contributed by atoms with Crippen LogP contribution in [0.4, 0.5) is 0 Å². The zero-order valence-corrected chi connectivity index (χ0v) is 6.40. The van der Waals surface area contributed by atoms with Crippen LogP contribution in [0.2, 0.25) is 0 Å². The van der Waals surface area contributed by atoms with Crippen molar-refractivity contribution in [2.24, 2.45) is 15.7 Å². The molecule has 0 bridgehead atoms. The van der Waals surface area contributed by atoms with Crippen LogP contribution in [-0.4, -0.2) is 0 Å². The van der Waals surface area contributed by atoms with E-state index in [4.69, 9.17) is 5.53 Å². The average Bonchev–Trinajstić information content (AvgIpc) is 2.19. The molecule has 7 nitrogen and oxygen atoms in total. The molecule has 1 aromatic carbocycles. The fourth-order valence-corrected chi connectivity index (χ4v) is 0.575. The van der Waals surface area contributed by atoms with Crippen molar-refractivity contribution in [3.63, 3.8) is 0 Å². The first-order valence-electron chi connectivity index (χ1n) is 3.23. The summed E-state index contributed by atoms with van der Waals surface area (Å²) < 4.78 is 0. The number of hydrogen-bond acceptors (Lipinski definition) is 4. The van der Waals surface area contributed by atoms with Gasteiger partial charge in [0, 0.05) is 0 Å². The third kappa shape index (κ3) is 3.77. The zero-order valence-electron chi connectivity index (χ0n) is 6.40. The third-order valence-corrected chi connectivity index (χ3v) is 1.01. The summed E-state index contributed by atoms with van der Waals surface area (Å²) in [5.74, 6) is 0.443. The highest BCUT2D eigenvalue weighted by molar-refractivity contribution is 5.19. The van der Waals surface area contributed by atoms with E-state index < -0.39 is 0 Å². The maximum atomic E-state index is 7.77. The molecule has 0 spiro atoms. The van der Waals surface area contributed by atoms with Crippen LogP contribution in [0.5, 0.6) is 5.75 Å². The molecule has 0 aliphatic carbocycles. The molecule has 0 N–H and O–H groups in total. The molecule has 0 atom stereocenters.